The Kier molecular flexibility index (Phi) is 2.85. The fourth-order valence-corrected chi connectivity index (χ4v) is 2.80. The normalized spacial score (nSPS) is 17.9. The number of benzene rings is 2. The summed E-state index contributed by atoms with van der Waals surface area (Å²) in [5.74, 6) is 0.491. The second-order valence-electron chi connectivity index (χ2n) is 6.39. The van der Waals surface area contributed by atoms with Crippen LogP contribution in [0.2, 0.25) is 0 Å². The van der Waals surface area contributed by atoms with E-state index in [0.29, 0.717) is 5.92 Å². The van der Waals surface area contributed by atoms with Crippen molar-refractivity contribution >= 4 is 5.69 Å². The lowest BCUT2D eigenvalue weighted by atomic mass is 9.85. The van der Waals surface area contributed by atoms with Crippen LogP contribution in [0.3, 0.4) is 0 Å². The number of hydrogen-bond donors (Lipinski definition) is 1. The van der Waals surface area contributed by atoms with Crippen LogP contribution in [-0.4, -0.2) is 6.54 Å². The maximum absolute atomic E-state index is 3.49. The van der Waals surface area contributed by atoms with Crippen LogP contribution in [0.4, 0.5) is 5.69 Å². The molecule has 1 unspecified atom stereocenters. The van der Waals surface area contributed by atoms with Gasteiger partial charge in [-0.05, 0) is 28.2 Å². The largest absolute Gasteiger partial charge is 0.384 e. The summed E-state index contributed by atoms with van der Waals surface area (Å²) in [4.78, 5) is 0. The zero-order chi connectivity index (χ0) is 13.5. The molecule has 1 aliphatic rings. The highest BCUT2D eigenvalue weighted by Gasteiger charge is 2.23. The molecule has 3 rings (SSSR count). The molecule has 0 fully saturated rings. The smallest absolute Gasteiger partial charge is 0.0379 e. The molecule has 0 radical (unpaired) electrons. The van der Waals surface area contributed by atoms with Crippen molar-refractivity contribution in [3.63, 3.8) is 0 Å². The molecule has 1 heteroatoms. The van der Waals surface area contributed by atoms with Gasteiger partial charge in [-0.3, -0.25) is 0 Å². The summed E-state index contributed by atoms with van der Waals surface area (Å²) >= 11 is 0. The molecule has 1 N–H and O–H groups in total. The van der Waals surface area contributed by atoms with Crippen molar-refractivity contribution in [1.82, 2.24) is 0 Å². The van der Waals surface area contributed by atoms with Gasteiger partial charge in [0, 0.05) is 18.2 Å². The third-order valence-electron chi connectivity index (χ3n) is 4.01. The van der Waals surface area contributed by atoms with Crippen LogP contribution < -0.4 is 5.32 Å². The fourth-order valence-electron chi connectivity index (χ4n) is 2.80. The van der Waals surface area contributed by atoms with Crippen LogP contribution in [0.25, 0.3) is 0 Å². The number of para-hydroxylation sites is 1. The van der Waals surface area contributed by atoms with Gasteiger partial charge >= 0.3 is 0 Å². The van der Waals surface area contributed by atoms with Crippen molar-refractivity contribution in [1.29, 1.82) is 0 Å². The molecule has 0 bridgehead atoms. The maximum Gasteiger partial charge on any atom is 0.0379 e. The zero-order valence-corrected chi connectivity index (χ0v) is 11.9. The lowest BCUT2D eigenvalue weighted by Crippen LogP contribution is -2.11. The van der Waals surface area contributed by atoms with Gasteiger partial charge in [-0.2, -0.15) is 0 Å². The topological polar surface area (TPSA) is 12.0 Å². The minimum Gasteiger partial charge on any atom is -0.384 e. The van der Waals surface area contributed by atoms with Crippen LogP contribution in [0, 0.1) is 0 Å². The number of nitrogens with one attached hydrogen (secondary N) is 1. The van der Waals surface area contributed by atoms with Gasteiger partial charge in [0.25, 0.3) is 0 Å². The van der Waals surface area contributed by atoms with Gasteiger partial charge in [-0.25, -0.2) is 0 Å². The molecule has 1 aliphatic heterocycles. The van der Waals surface area contributed by atoms with E-state index in [1.54, 1.807) is 0 Å². The van der Waals surface area contributed by atoms with Gasteiger partial charge in [0.1, 0.15) is 0 Å². The van der Waals surface area contributed by atoms with Crippen LogP contribution in [-0.2, 0) is 5.41 Å². The van der Waals surface area contributed by atoms with Crippen molar-refractivity contribution in [3.05, 3.63) is 65.2 Å². The Labute approximate surface area is 115 Å². The molecule has 2 aromatic carbocycles. The Hall–Kier alpha value is -1.76. The molecule has 0 aliphatic carbocycles. The van der Waals surface area contributed by atoms with E-state index in [9.17, 15) is 0 Å². The molecule has 0 saturated carbocycles. The standard InChI is InChI=1S/C18H21N/c1-18(2,3)14-10-8-13(9-11-14)16-12-19-17-7-5-4-6-15(16)17/h4-11,16,19H,12H2,1-3H3. The maximum atomic E-state index is 3.49. The first-order valence-corrected chi connectivity index (χ1v) is 6.99. The van der Waals surface area contributed by atoms with Crippen LogP contribution in [0.5, 0.6) is 0 Å². The molecule has 0 spiro atoms. The third kappa shape index (κ3) is 2.25. The minimum absolute atomic E-state index is 0.227. The molecule has 0 amide bonds. The van der Waals surface area contributed by atoms with Crippen LogP contribution in [0.1, 0.15) is 43.4 Å². The van der Waals surface area contributed by atoms with E-state index in [1.165, 1.54) is 22.4 Å². The van der Waals surface area contributed by atoms with E-state index in [0.717, 1.165) is 6.54 Å². The predicted molar refractivity (Wildman–Crippen MR) is 81.9 cm³/mol. The number of rotatable bonds is 1. The highest BCUT2D eigenvalue weighted by Crippen LogP contribution is 2.36. The summed E-state index contributed by atoms with van der Waals surface area (Å²) in [7, 11) is 0. The van der Waals surface area contributed by atoms with Gasteiger partial charge in [0.2, 0.25) is 0 Å². The summed E-state index contributed by atoms with van der Waals surface area (Å²) in [6, 6.07) is 17.7. The highest BCUT2D eigenvalue weighted by molar-refractivity contribution is 5.60. The van der Waals surface area contributed by atoms with E-state index < -0.39 is 0 Å². The number of fused-ring (bicyclic) bond motifs is 1. The summed E-state index contributed by atoms with van der Waals surface area (Å²) in [5, 5.41) is 3.49. The molecule has 19 heavy (non-hydrogen) atoms. The summed E-state index contributed by atoms with van der Waals surface area (Å²) in [6.45, 7) is 7.78. The Morgan fingerprint density at radius 2 is 1.63 bits per heavy atom. The van der Waals surface area contributed by atoms with Crippen molar-refractivity contribution in [2.24, 2.45) is 0 Å². The predicted octanol–water partition coefficient (Wildman–Crippen LogP) is 4.54. The Bertz CT molecular complexity index is 575. The van der Waals surface area contributed by atoms with Gasteiger partial charge < -0.3 is 5.32 Å². The molecule has 1 nitrogen and oxygen atoms in total. The van der Waals surface area contributed by atoms with Crippen molar-refractivity contribution < 1.29 is 0 Å². The average Bonchev–Trinajstić information content (AvgIpc) is 2.82. The molecule has 0 aromatic heterocycles. The van der Waals surface area contributed by atoms with E-state index in [4.69, 9.17) is 0 Å². The average molecular weight is 251 g/mol. The molecule has 2 aromatic rings. The van der Waals surface area contributed by atoms with Gasteiger partial charge in [-0.15, -0.1) is 0 Å². The lowest BCUT2D eigenvalue weighted by molar-refractivity contribution is 0.590. The van der Waals surface area contributed by atoms with Gasteiger partial charge in [0.05, 0.1) is 0 Å². The van der Waals surface area contributed by atoms with Crippen molar-refractivity contribution in [2.75, 3.05) is 11.9 Å². The van der Waals surface area contributed by atoms with Crippen molar-refractivity contribution in [2.45, 2.75) is 32.1 Å². The zero-order valence-electron chi connectivity index (χ0n) is 11.9. The molecular formula is C18H21N. The van der Waals surface area contributed by atoms with Gasteiger partial charge in [0.15, 0.2) is 0 Å². The molecule has 98 valence electrons. The SMILES string of the molecule is CC(C)(C)c1ccc(C2CNc3ccccc32)cc1. The molecule has 1 atom stereocenters. The van der Waals surface area contributed by atoms with E-state index in [-0.39, 0.29) is 5.41 Å². The fraction of sp³-hybridized carbons (Fsp3) is 0.333. The minimum atomic E-state index is 0.227. The number of hydrogen-bond acceptors (Lipinski definition) is 1. The third-order valence-corrected chi connectivity index (χ3v) is 4.01. The molecular weight excluding hydrogens is 230 g/mol. The summed E-state index contributed by atoms with van der Waals surface area (Å²) in [6.07, 6.45) is 0. The molecule has 1 heterocycles. The van der Waals surface area contributed by atoms with Gasteiger partial charge in [-0.1, -0.05) is 63.2 Å². The first kappa shape index (κ1) is 12.3. The Balaban J connectivity index is 1.93. The summed E-state index contributed by atoms with van der Waals surface area (Å²) in [5.41, 5.74) is 5.74. The Morgan fingerprint density at radius 3 is 2.32 bits per heavy atom. The number of anilines is 1. The van der Waals surface area contributed by atoms with E-state index in [1.807, 2.05) is 0 Å². The Morgan fingerprint density at radius 1 is 0.947 bits per heavy atom. The van der Waals surface area contributed by atoms with E-state index in [2.05, 4.69) is 74.6 Å². The second-order valence-corrected chi connectivity index (χ2v) is 6.39. The van der Waals surface area contributed by atoms with E-state index >= 15 is 0 Å². The second kappa shape index (κ2) is 4.41. The quantitative estimate of drug-likeness (QED) is 0.784. The highest BCUT2D eigenvalue weighted by atomic mass is 14.9. The first-order chi connectivity index (χ1) is 9.05. The van der Waals surface area contributed by atoms with Crippen LogP contribution in [0.15, 0.2) is 48.5 Å². The first-order valence-electron chi connectivity index (χ1n) is 6.99. The monoisotopic (exact) mass is 251 g/mol. The van der Waals surface area contributed by atoms with Crippen molar-refractivity contribution in [3.8, 4) is 0 Å². The lowest BCUT2D eigenvalue weighted by Gasteiger charge is -2.20. The summed E-state index contributed by atoms with van der Waals surface area (Å²) < 4.78 is 0. The molecule has 0 saturated heterocycles. The van der Waals surface area contributed by atoms with Crippen LogP contribution >= 0.6 is 0 Å².